The van der Waals surface area contributed by atoms with E-state index in [4.69, 9.17) is 24.1 Å². The Morgan fingerprint density at radius 3 is 2.27 bits per heavy atom. The minimum absolute atomic E-state index is 0.0102. The second-order valence-corrected chi connectivity index (χ2v) is 21.5. The largest absolute Gasteiger partial charge is 0.481 e. The number of aromatic nitrogens is 4. The molecule has 0 spiro atoms. The van der Waals surface area contributed by atoms with Gasteiger partial charge in [-0.1, -0.05) is 37.7 Å². The summed E-state index contributed by atoms with van der Waals surface area (Å²) in [6.45, 7) is 1.38. The van der Waals surface area contributed by atoms with Crippen LogP contribution in [0.15, 0.2) is 41.8 Å². The molecule has 0 saturated carbocycles. The van der Waals surface area contributed by atoms with E-state index in [9.17, 15) is 71.4 Å². The number of anilines is 1. The second kappa shape index (κ2) is 21.1. The number of rotatable bonds is 23. The number of aliphatic hydroxyl groups excluding tert-OH is 2. The van der Waals surface area contributed by atoms with Crippen LogP contribution in [-0.2, 0) is 66.4 Å². The zero-order chi connectivity index (χ0) is 48.1. The van der Waals surface area contributed by atoms with Crippen molar-refractivity contribution in [2.24, 2.45) is 5.41 Å². The molecule has 8 atom stereocenters. The van der Waals surface area contributed by atoms with Gasteiger partial charge in [0.15, 0.2) is 22.8 Å². The molecule has 2 amide bonds. The van der Waals surface area contributed by atoms with Crippen molar-refractivity contribution in [3.8, 4) is 0 Å². The van der Waals surface area contributed by atoms with Crippen molar-refractivity contribution in [3.05, 3.63) is 42.5 Å². The first-order valence-corrected chi connectivity index (χ1v) is 25.2. The van der Waals surface area contributed by atoms with Crippen LogP contribution in [-0.4, -0.2) is 141 Å². The first-order valence-electron chi connectivity index (χ1n) is 18.3. The van der Waals surface area contributed by atoms with Crippen LogP contribution in [0.4, 0.5) is 5.82 Å². The number of nitrogens with two attached hydrogens (primary N) is 1. The number of hydrogen-bond acceptors (Lipinski definition) is 21. The minimum atomic E-state index is -5.62. The van der Waals surface area contributed by atoms with Crippen molar-refractivity contribution in [2.45, 2.75) is 74.8 Å². The third-order valence-corrected chi connectivity index (χ3v) is 13.9. The number of thioether (sulfide) groups is 1. The van der Waals surface area contributed by atoms with Crippen LogP contribution in [0.25, 0.3) is 11.2 Å². The Hall–Kier alpha value is -3.35. The van der Waals surface area contributed by atoms with Gasteiger partial charge in [-0.15, -0.1) is 0 Å². The summed E-state index contributed by atoms with van der Waals surface area (Å²) in [6.07, 6.45) is -7.60. The van der Waals surface area contributed by atoms with Crippen molar-refractivity contribution in [1.82, 2.24) is 30.2 Å². The number of carbonyl (C=O) groups excluding carboxylic acids is 3. The summed E-state index contributed by atoms with van der Waals surface area (Å²) in [6, 6.07) is 4.65. The Morgan fingerprint density at radius 1 is 1.00 bits per heavy atom. The molecule has 1 fully saturated rings. The average molecular weight is 1010 g/mol. The first kappa shape index (κ1) is 53.3. The summed E-state index contributed by atoms with van der Waals surface area (Å²) in [7, 11) is -21.0. The monoisotopic (exact) mass is 1010 g/mol. The Bertz CT molecular complexity index is 2420. The minimum Gasteiger partial charge on any atom is -0.386 e. The number of carbonyl (C=O) groups is 3. The van der Waals surface area contributed by atoms with E-state index in [-0.39, 0.29) is 59.1 Å². The van der Waals surface area contributed by atoms with Gasteiger partial charge in [-0.2, -0.15) is 12.7 Å². The van der Waals surface area contributed by atoms with Crippen LogP contribution in [0, 0.1) is 5.41 Å². The van der Waals surface area contributed by atoms with Gasteiger partial charge in [0.2, 0.25) is 11.8 Å². The summed E-state index contributed by atoms with van der Waals surface area (Å²) >= 11 is 0.803. The predicted molar refractivity (Wildman–Crippen MR) is 218 cm³/mol. The first-order chi connectivity index (χ1) is 29.4. The molecule has 33 heteroatoms. The lowest BCUT2D eigenvalue weighted by Gasteiger charge is -2.30. The normalized spacial score (nSPS) is 21.7. The van der Waals surface area contributed by atoms with Crippen LogP contribution in [0.1, 0.15) is 45.4 Å². The quantitative estimate of drug-likeness (QED) is 0.0315. The van der Waals surface area contributed by atoms with Gasteiger partial charge in [-0.25, -0.2) is 28.6 Å². The lowest BCUT2D eigenvalue weighted by Crippen LogP contribution is -2.46. The summed E-state index contributed by atoms with van der Waals surface area (Å²) in [5, 5.41) is 36.6. The number of fused-ring (bicyclic) bond motifs is 1. The van der Waals surface area contributed by atoms with Gasteiger partial charge in [0.25, 0.3) is 10.1 Å². The van der Waals surface area contributed by atoms with Gasteiger partial charge in [-0.3, -0.25) is 37.1 Å². The van der Waals surface area contributed by atoms with Crippen LogP contribution >= 0.6 is 35.2 Å². The van der Waals surface area contributed by atoms with Crippen LogP contribution in [0.2, 0.25) is 0 Å². The number of nitrogen functional groups attached to an aromatic ring is 1. The Labute approximate surface area is 367 Å². The molecule has 0 aliphatic carbocycles. The maximum absolute atomic E-state index is 12.7. The maximum Gasteiger partial charge on any atom is 0.481 e. The Kier molecular flexibility index (Phi) is 17.5. The van der Waals surface area contributed by atoms with Gasteiger partial charge in [0.1, 0.15) is 36.3 Å². The van der Waals surface area contributed by atoms with Crippen molar-refractivity contribution in [1.29, 1.82) is 0 Å². The number of benzene rings is 1. The van der Waals surface area contributed by atoms with Gasteiger partial charge in [-0.05, 0) is 24.6 Å². The van der Waals surface area contributed by atoms with E-state index in [1.54, 1.807) is 0 Å². The number of aliphatic hydroxyl groups is 3. The molecule has 12 N–H and O–H groups in total. The van der Waals surface area contributed by atoms with E-state index < -0.39 is 105 Å². The van der Waals surface area contributed by atoms with Gasteiger partial charge >= 0.3 is 23.5 Å². The van der Waals surface area contributed by atoms with Gasteiger partial charge in [0, 0.05) is 37.1 Å². The SMILES string of the molecule is CC(O)(CC(=O)SCCNC(=O)CCNC(=O)C(O)C(C)(C)COP(=O)(O)OP(=O)(O)OCC1OC(n2cnc3c(N)ncnc32)C(O)C1OP(=O)(O)O)c1ccc(S(=O)(=O)O)cc1. The van der Waals surface area contributed by atoms with Gasteiger partial charge < -0.3 is 56.0 Å². The highest BCUT2D eigenvalue weighted by Gasteiger charge is 2.50. The highest BCUT2D eigenvalue weighted by Crippen LogP contribution is 2.61. The van der Waals surface area contributed by atoms with Crippen LogP contribution < -0.4 is 16.4 Å². The topological polar surface area (TPSA) is 438 Å². The van der Waals surface area contributed by atoms with Crippen molar-refractivity contribution in [2.75, 3.05) is 37.8 Å². The number of amides is 2. The fourth-order valence-corrected chi connectivity index (χ4v) is 9.84. The molecule has 0 radical (unpaired) electrons. The zero-order valence-corrected chi connectivity index (χ0v) is 38.0. The average Bonchev–Trinajstić information content (AvgIpc) is 3.74. The number of hydrogen-bond donors (Lipinski definition) is 11. The fraction of sp³-hybridized carbons (Fsp3) is 0.548. The number of ether oxygens (including phenoxy) is 1. The molecule has 4 rings (SSSR count). The molecule has 3 heterocycles. The molecule has 3 aromatic rings. The zero-order valence-electron chi connectivity index (χ0n) is 33.7. The van der Waals surface area contributed by atoms with E-state index in [0.717, 1.165) is 41.1 Å². The molecule has 64 heavy (non-hydrogen) atoms. The number of nitrogens with zero attached hydrogens (tertiary/aromatic N) is 4. The Morgan fingerprint density at radius 2 is 1.64 bits per heavy atom. The maximum atomic E-state index is 12.7. The van der Waals surface area contributed by atoms with E-state index in [2.05, 4.69) is 34.4 Å². The number of phosphoric acid groups is 3. The van der Waals surface area contributed by atoms with E-state index in [1.807, 2.05) is 0 Å². The molecule has 0 bridgehead atoms. The standard InChI is InChI=1S/C31H46N7O21P3S2/c1-30(2,25(42)28(43)34-9-8-20(39)33-10-11-63-21(40)12-31(3,44)17-4-6-18(7-5-17)64(52,53)54)14-56-62(50,51)59-61(48,49)55-13-19-24(58-60(45,46)47)23(41)29(57-19)38-16-37-22-26(32)35-15-36-27(22)38/h4-7,15-16,19,23-25,29,41-42,44H,8-14H2,1-3H3,(H,33,39)(H,34,43)(H,48,49)(H,50,51)(H2,32,35,36)(H2,45,46,47)(H,52,53,54). The van der Waals surface area contributed by atoms with Crippen molar-refractivity contribution < 1.29 is 98.6 Å². The van der Waals surface area contributed by atoms with Crippen molar-refractivity contribution >= 4 is 79.3 Å². The Balaban J connectivity index is 1.19. The smallest absolute Gasteiger partial charge is 0.386 e. The number of imidazole rings is 1. The second-order valence-electron chi connectivity index (χ2n) is 14.7. The highest BCUT2D eigenvalue weighted by molar-refractivity contribution is 8.13. The summed E-state index contributed by atoms with van der Waals surface area (Å²) in [5.74, 6) is -1.56. The van der Waals surface area contributed by atoms with Crippen molar-refractivity contribution in [3.63, 3.8) is 0 Å². The highest BCUT2D eigenvalue weighted by atomic mass is 32.2. The molecule has 28 nitrogen and oxygen atoms in total. The molecule has 8 unspecified atom stereocenters. The third kappa shape index (κ3) is 15.1. The molecule has 1 aliphatic heterocycles. The molecular weight excluding hydrogens is 963 g/mol. The van der Waals surface area contributed by atoms with Crippen LogP contribution in [0.3, 0.4) is 0 Å². The molecule has 1 aromatic carbocycles. The van der Waals surface area contributed by atoms with E-state index in [0.29, 0.717) is 0 Å². The van der Waals surface area contributed by atoms with Crippen LogP contribution in [0.5, 0.6) is 0 Å². The lowest BCUT2D eigenvalue weighted by atomic mass is 9.87. The number of nitrogens with one attached hydrogen (secondary N) is 2. The molecular formula is C31H46N7O21P3S2. The molecule has 1 saturated heterocycles. The lowest BCUT2D eigenvalue weighted by molar-refractivity contribution is -0.137. The molecule has 1 aliphatic rings. The van der Waals surface area contributed by atoms with E-state index >= 15 is 0 Å². The summed E-state index contributed by atoms with van der Waals surface area (Å²) < 4.78 is 93.7. The third-order valence-electron chi connectivity index (χ3n) is 9.03. The predicted octanol–water partition coefficient (Wildman–Crippen LogP) is -0.791. The number of phosphoric ester groups is 3. The van der Waals surface area contributed by atoms with E-state index in [1.165, 1.54) is 32.9 Å². The molecule has 358 valence electrons. The van der Waals surface area contributed by atoms with Gasteiger partial charge in [0.05, 0.1) is 30.0 Å². The fourth-order valence-electron chi connectivity index (χ4n) is 5.72. The summed E-state index contributed by atoms with van der Waals surface area (Å²) in [4.78, 5) is 88.0. The summed E-state index contributed by atoms with van der Waals surface area (Å²) in [5.41, 5.74) is 2.71. The molecule has 2 aromatic heterocycles.